The van der Waals surface area contributed by atoms with Crippen molar-refractivity contribution in [3.05, 3.63) is 64.7 Å². The maximum atomic E-state index is 5.74. The molecule has 25 heavy (non-hydrogen) atoms. The van der Waals surface area contributed by atoms with E-state index in [1.54, 1.807) is 0 Å². The van der Waals surface area contributed by atoms with Crippen LogP contribution in [0.4, 0.5) is 0 Å². The van der Waals surface area contributed by atoms with Crippen LogP contribution in [0.1, 0.15) is 34.6 Å². The molecule has 4 nitrogen and oxygen atoms in total. The fraction of sp³-hybridized carbons (Fsp3) is 0.381. The Kier molecular flexibility index (Phi) is 5.59. The lowest BCUT2D eigenvalue weighted by molar-refractivity contribution is 0.267. The number of rotatable bonds is 4. The predicted molar refractivity (Wildman–Crippen MR) is 103 cm³/mol. The Morgan fingerprint density at radius 3 is 2.80 bits per heavy atom. The molecule has 1 unspecified atom stereocenters. The monoisotopic (exact) mass is 337 g/mol. The largest absolute Gasteiger partial charge is 0.493 e. The molecule has 0 bridgehead atoms. The van der Waals surface area contributed by atoms with Gasteiger partial charge in [0.05, 0.1) is 6.61 Å². The van der Waals surface area contributed by atoms with Gasteiger partial charge in [-0.05, 0) is 43.0 Å². The summed E-state index contributed by atoms with van der Waals surface area (Å²) >= 11 is 0. The molecule has 1 aliphatic rings. The van der Waals surface area contributed by atoms with Gasteiger partial charge in [0.2, 0.25) is 0 Å². The van der Waals surface area contributed by atoms with Crippen molar-refractivity contribution in [3.63, 3.8) is 0 Å². The summed E-state index contributed by atoms with van der Waals surface area (Å²) in [5.41, 5.74) is 5.18. The first-order valence-electron chi connectivity index (χ1n) is 8.89. The van der Waals surface area contributed by atoms with E-state index in [0.29, 0.717) is 5.92 Å². The molecule has 2 aromatic carbocycles. The van der Waals surface area contributed by atoms with Crippen LogP contribution in [-0.4, -0.2) is 26.2 Å². The first-order chi connectivity index (χ1) is 12.2. The van der Waals surface area contributed by atoms with Crippen molar-refractivity contribution in [2.24, 2.45) is 4.99 Å². The first kappa shape index (κ1) is 17.3. The molecule has 0 spiro atoms. The third-order valence-corrected chi connectivity index (χ3v) is 4.77. The molecule has 2 N–H and O–H groups in total. The number of aryl methyl sites for hydroxylation is 2. The van der Waals surface area contributed by atoms with Gasteiger partial charge in [0.1, 0.15) is 5.75 Å². The number of guanidine groups is 1. The average Bonchev–Trinajstić information content (AvgIpc) is 2.63. The second kappa shape index (κ2) is 8.06. The van der Waals surface area contributed by atoms with Gasteiger partial charge < -0.3 is 15.4 Å². The van der Waals surface area contributed by atoms with E-state index < -0.39 is 0 Å². The van der Waals surface area contributed by atoms with Crippen LogP contribution < -0.4 is 15.4 Å². The van der Waals surface area contributed by atoms with Gasteiger partial charge in [0, 0.05) is 26.1 Å². The molecular formula is C21H27N3O. The van der Waals surface area contributed by atoms with Crippen LogP contribution in [0.25, 0.3) is 0 Å². The van der Waals surface area contributed by atoms with E-state index in [0.717, 1.165) is 37.8 Å². The molecule has 0 radical (unpaired) electrons. The molecule has 0 aliphatic carbocycles. The molecule has 4 heteroatoms. The van der Waals surface area contributed by atoms with Crippen LogP contribution in [0.3, 0.4) is 0 Å². The minimum atomic E-state index is 0.449. The minimum Gasteiger partial charge on any atom is -0.493 e. The Balaban J connectivity index is 1.57. The second-order valence-corrected chi connectivity index (χ2v) is 6.61. The summed E-state index contributed by atoms with van der Waals surface area (Å²) in [5.74, 6) is 2.30. The average molecular weight is 337 g/mol. The highest BCUT2D eigenvalue weighted by Gasteiger charge is 2.21. The van der Waals surface area contributed by atoms with Gasteiger partial charge in [-0.2, -0.15) is 0 Å². The van der Waals surface area contributed by atoms with Crippen molar-refractivity contribution >= 4 is 5.96 Å². The molecule has 1 heterocycles. The molecule has 0 saturated carbocycles. The predicted octanol–water partition coefficient (Wildman–Crippen LogP) is 3.53. The third kappa shape index (κ3) is 4.32. The van der Waals surface area contributed by atoms with E-state index in [1.165, 1.54) is 22.3 Å². The first-order valence-corrected chi connectivity index (χ1v) is 8.89. The zero-order valence-corrected chi connectivity index (χ0v) is 15.3. The number of fused-ring (bicyclic) bond motifs is 1. The van der Waals surface area contributed by atoms with Gasteiger partial charge in [-0.25, -0.2) is 0 Å². The lowest BCUT2D eigenvalue weighted by Crippen LogP contribution is -2.39. The molecule has 0 saturated heterocycles. The summed E-state index contributed by atoms with van der Waals surface area (Å²) in [4.78, 5) is 4.35. The van der Waals surface area contributed by atoms with Crippen molar-refractivity contribution in [3.8, 4) is 5.75 Å². The van der Waals surface area contributed by atoms with Gasteiger partial charge >= 0.3 is 0 Å². The highest BCUT2D eigenvalue weighted by atomic mass is 16.5. The van der Waals surface area contributed by atoms with Crippen LogP contribution in [-0.2, 0) is 6.54 Å². The highest BCUT2D eigenvalue weighted by molar-refractivity contribution is 5.79. The molecule has 1 atom stereocenters. The summed E-state index contributed by atoms with van der Waals surface area (Å²) in [7, 11) is 1.81. The standard InChI is InChI=1S/C21H27N3O/c1-15-8-9-17(16(2)12-15)13-23-21(22-3)24-14-18-10-11-25-20-7-5-4-6-19(18)20/h4-9,12,18H,10-11,13-14H2,1-3H3,(H2,22,23,24). The molecule has 0 amide bonds. The van der Waals surface area contributed by atoms with Crippen molar-refractivity contribution in [2.75, 3.05) is 20.2 Å². The van der Waals surface area contributed by atoms with Gasteiger partial charge in [0.15, 0.2) is 5.96 Å². The van der Waals surface area contributed by atoms with Crippen LogP contribution in [0.2, 0.25) is 0 Å². The summed E-state index contributed by atoms with van der Waals surface area (Å²) in [6.45, 7) is 6.68. The quantitative estimate of drug-likeness (QED) is 0.663. The highest BCUT2D eigenvalue weighted by Crippen LogP contribution is 2.32. The van der Waals surface area contributed by atoms with Gasteiger partial charge in [0.25, 0.3) is 0 Å². The summed E-state index contributed by atoms with van der Waals surface area (Å²) < 4.78 is 5.74. The Hall–Kier alpha value is -2.49. The number of hydrogen-bond donors (Lipinski definition) is 2. The van der Waals surface area contributed by atoms with Crippen molar-refractivity contribution in [2.45, 2.75) is 32.7 Å². The zero-order valence-electron chi connectivity index (χ0n) is 15.3. The normalized spacial score (nSPS) is 16.8. The maximum Gasteiger partial charge on any atom is 0.191 e. The van der Waals surface area contributed by atoms with Crippen LogP contribution in [0.5, 0.6) is 5.75 Å². The molecule has 1 aliphatic heterocycles. The van der Waals surface area contributed by atoms with Gasteiger partial charge in [-0.15, -0.1) is 0 Å². The molecular weight excluding hydrogens is 310 g/mol. The zero-order chi connectivity index (χ0) is 17.6. The Bertz CT molecular complexity index is 755. The summed E-state index contributed by atoms with van der Waals surface area (Å²) in [6.07, 6.45) is 1.03. The topological polar surface area (TPSA) is 45.7 Å². The summed E-state index contributed by atoms with van der Waals surface area (Å²) in [6, 6.07) is 14.9. The van der Waals surface area contributed by atoms with Crippen molar-refractivity contribution in [1.29, 1.82) is 0 Å². The van der Waals surface area contributed by atoms with E-state index in [4.69, 9.17) is 4.74 Å². The lowest BCUT2D eigenvalue weighted by atomic mass is 9.93. The van der Waals surface area contributed by atoms with E-state index >= 15 is 0 Å². The van der Waals surface area contributed by atoms with E-state index in [-0.39, 0.29) is 0 Å². The Morgan fingerprint density at radius 2 is 2.00 bits per heavy atom. The molecule has 0 fully saturated rings. The summed E-state index contributed by atoms with van der Waals surface area (Å²) in [5, 5.41) is 6.88. The lowest BCUT2D eigenvalue weighted by Gasteiger charge is -2.26. The minimum absolute atomic E-state index is 0.449. The Morgan fingerprint density at radius 1 is 1.16 bits per heavy atom. The molecule has 3 rings (SSSR count). The van der Waals surface area contributed by atoms with E-state index in [1.807, 2.05) is 13.1 Å². The molecule has 132 valence electrons. The number of benzene rings is 2. The number of nitrogens with one attached hydrogen (secondary N) is 2. The number of ether oxygens (including phenoxy) is 1. The van der Waals surface area contributed by atoms with Crippen LogP contribution >= 0.6 is 0 Å². The van der Waals surface area contributed by atoms with Crippen LogP contribution in [0.15, 0.2) is 47.5 Å². The van der Waals surface area contributed by atoms with Crippen molar-refractivity contribution < 1.29 is 4.74 Å². The van der Waals surface area contributed by atoms with Gasteiger partial charge in [-0.3, -0.25) is 4.99 Å². The third-order valence-electron chi connectivity index (χ3n) is 4.77. The van der Waals surface area contributed by atoms with Crippen molar-refractivity contribution in [1.82, 2.24) is 10.6 Å². The maximum absolute atomic E-state index is 5.74. The number of aliphatic imine (C=N–C) groups is 1. The van der Waals surface area contributed by atoms with E-state index in [9.17, 15) is 0 Å². The van der Waals surface area contributed by atoms with Gasteiger partial charge in [-0.1, -0.05) is 42.0 Å². The molecule has 2 aromatic rings. The fourth-order valence-electron chi connectivity index (χ4n) is 3.29. The van der Waals surface area contributed by atoms with Crippen LogP contribution in [0, 0.1) is 13.8 Å². The SMILES string of the molecule is CN=C(NCc1ccc(C)cc1C)NCC1CCOc2ccccc21. The number of hydrogen-bond acceptors (Lipinski definition) is 2. The second-order valence-electron chi connectivity index (χ2n) is 6.61. The molecule has 0 aromatic heterocycles. The number of nitrogens with zero attached hydrogens (tertiary/aromatic N) is 1. The Labute approximate surface area is 150 Å². The fourth-order valence-corrected chi connectivity index (χ4v) is 3.29. The number of para-hydroxylation sites is 1. The smallest absolute Gasteiger partial charge is 0.191 e. The van der Waals surface area contributed by atoms with E-state index in [2.05, 4.69) is 65.9 Å².